The second kappa shape index (κ2) is 8.56. The predicted octanol–water partition coefficient (Wildman–Crippen LogP) is 3.58. The largest absolute Gasteiger partial charge is 0.481 e. The van der Waals surface area contributed by atoms with Crippen molar-refractivity contribution in [1.29, 1.82) is 0 Å². The molecule has 0 aromatic heterocycles. The van der Waals surface area contributed by atoms with Crippen molar-refractivity contribution >= 4 is 12.1 Å². The second-order valence-electron chi connectivity index (χ2n) is 6.44. The van der Waals surface area contributed by atoms with Gasteiger partial charge < -0.3 is 15.2 Å². The molecule has 126 valence electrons. The second-order valence-corrected chi connectivity index (χ2v) is 6.44. The van der Waals surface area contributed by atoms with E-state index in [1.807, 2.05) is 30.3 Å². The van der Waals surface area contributed by atoms with Crippen LogP contribution in [0.5, 0.6) is 0 Å². The Hall–Kier alpha value is -2.04. The number of benzene rings is 1. The molecule has 5 heteroatoms. The van der Waals surface area contributed by atoms with Gasteiger partial charge in [0.15, 0.2) is 0 Å². The molecule has 3 atom stereocenters. The van der Waals surface area contributed by atoms with E-state index < -0.39 is 12.1 Å². The van der Waals surface area contributed by atoms with Crippen LogP contribution in [0.15, 0.2) is 30.3 Å². The van der Waals surface area contributed by atoms with Crippen LogP contribution >= 0.6 is 0 Å². The van der Waals surface area contributed by atoms with Crippen LogP contribution in [0, 0.1) is 11.8 Å². The first-order valence-electron chi connectivity index (χ1n) is 8.23. The van der Waals surface area contributed by atoms with E-state index in [9.17, 15) is 9.59 Å². The Balaban J connectivity index is 1.88. The van der Waals surface area contributed by atoms with Crippen LogP contribution in [0.4, 0.5) is 4.79 Å². The van der Waals surface area contributed by atoms with Gasteiger partial charge in [-0.05, 0) is 30.2 Å². The van der Waals surface area contributed by atoms with Crippen molar-refractivity contribution in [2.24, 2.45) is 11.8 Å². The number of hydrogen-bond donors (Lipinski definition) is 2. The Morgan fingerprint density at radius 1 is 1.30 bits per heavy atom. The molecule has 0 aliphatic heterocycles. The smallest absolute Gasteiger partial charge is 0.407 e. The summed E-state index contributed by atoms with van der Waals surface area (Å²) in [6.45, 7) is 2.37. The molecule has 1 amide bonds. The number of rotatable bonds is 6. The van der Waals surface area contributed by atoms with E-state index in [0.717, 1.165) is 24.8 Å². The molecule has 1 aliphatic rings. The molecule has 1 saturated carbocycles. The molecule has 5 nitrogen and oxygen atoms in total. The van der Waals surface area contributed by atoms with Crippen LogP contribution in [-0.4, -0.2) is 23.2 Å². The predicted molar refractivity (Wildman–Crippen MR) is 86.9 cm³/mol. The SMILES string of the molecule is CC1CCCC([C@H](CC(=O)O)NC(=O)OCc2ccccc2)C1. The molecule has 1 aromatic rings. The van der Waals surface area contributed by atoms with Crippen molar-refractivity contribution in [3.8, 4) is 0 Å². The molecule has 2 unspecified atom stereocenters. The van der Waals surface area contributed by atoms with E-state index >= 15 is 0 Å². The van der Waals surface area contributed by atoms with Gasteiger partial charge in [0.2, 0.25) is 0 Å². The number of aliphatic carboxylic acids is 1. The standard InChI is InChI=1S/C18H25NO4/c1-13-6-5-9-15(10-13)16(11-17(20)21)19-18(22)23-12-14-7-3-2-4-8-14/h2-4,7-8,13,15-16H,5-6,9-12H2,1H3,(H,19,22)(H,20,21)/t13?,15?,16-/m0/s1. The Kier molecular flexibility index (Phi) is 6.44. The third-order valence-corrected chi connectivity index (χ3v) is 4.46. The summed E-state index contributed by atoms with van der Waals surface area (Å²) in [7, 11) is 0. The van der Waals surface area contributed by atoms with Gasteiger partial charge in [0, 0.05) is 6.04 Å². The van der Waals surface area contributed by atoms with Gasteiger partial charge in [-0.3, -0.25) is 4.79 Å². The Morgan fingerprint density at radius 2 is 2.04 bits per heavy atom. The van der Waals surface area contributed by atoms with Gasteiger partial charge in [-0.1, -0.05) is 50.1 Å². The minimum atomic E-state index is -0.892. The van der Waals surface area contributed by atoms with E-state index in [1.54, 1.807) is 0 Å². The third-order valence-electron chi connectivity index (χ3n) is 4.46. The number of hydrogen-bond acceptors (Lipinski definition) is 3. The number of nitrogens with one attached hydrogen (secondary N) is 1. The Bertz CT molecular complexity index is 517. The van der Waals surface area contributed by atoms with E-state index in [4.69, 9.17) is 9.84 Å². The summed E-state index contributed by atoms with van der Waals surface area (Å²) in [5.74, 6) is -0.108. The number of carboxylic acids is 1. The lowest BCUT2D eigenvalue weighted by atomic mass is 9.78. The fraction of sp³-hybridized carbons (Fsp3) is 0.556. The van der Waals surface area contributed by atoms with Crippen molar-refractivity contribution in [2.45, 2.75) is 51.7 Å². The highest BCUT2D eigenvalue weighted by Gasteiger charge is 2.29. The first-order valence-corrected chi connectivity index (χ1v) is 8.23. The lowest BCUT2D eigenvalue weighted by molar-refractivity contribution is -0.138. The van der Waals surface area contributed by atoms with Crippen LogP contribution in [-0.2, 0) is 16.1 Å². The van der Waals surface area contributed by atoms with Crippen molar-refractivity contribution in [1.82, 2.24) is 5.32 Å². The fourth-order valence-corrected chi connectivity index (χ4v) is 3.29. The Morgan fingerprint density at radius 3 is 2.70 bits per heavy atom. The van der Waals surface area contributed by atoms with Gasteiger partial charge >= 0.3 is 12.1 Å². The first kappa shape index (κ1) is 17.3. The fourth-order valence-electron chi connectivity index (χ4n) is 3.29. The van der Waals surface area contributed by atoms with Crippen LogP contribution in [0.2, 0.25) is 0 Å². The molecular formula is C18H25NO4. The lowest BCUT2D eigenvalue weighted by Crippen LogP contribution is -2.43. The average molecular weight is 319 g/mol. The van der Waals surface area contributed by atoms with Gasteiger partial charge in [-0.25, -0.2) is 4.79 Å². The summed E-state index contributed by atoms with van der Waals surface area (Å²) in [5.41, 5.74) is 0.906. The molecule has 1 aromatic carbocycles. The highest BCUT2D eigenvalue weighted by Crippen LogP contribution is 2.31. The van der Waals surface area contributed by atoms with Crippen LogP contribution in [0.25, 0.3) is 0 Å². The minimum Gasteiger partial charge on any atom is -0.481 e. The van der Waals surface area contributed by atoms with Crippen molar-refractivity contribution in [3.63, 3.8) is 0 Å². The molecular weight excluding hydrogens is 294 g/mol. The number of ether oxygens (including phenoxy) is 1. The number of carboxylic acid groups (broad SMARTS) is 1. The summed E-state index contributed by atoms with van der Waals surface area (Å²) in [5, 5.41) is 11.9. The molecule has 0 radical (unpaired) electrons. The van der Waals surface area contributed by atoms with Crippen LogP contribution < -0.4 is 5.32 Å². The minimum absolute atomic E-state index is 0.0577. The summed E-state index contributed by atoms with van der Waals surface area (Å²) in [4.78, 5) is 23.1. The number of carbonyl (C=O) groups is 2. The van der Waals surface area contributed by atoms with Crippen molar-refractivity contribution < 1.29 is 19.4 Å². The van der Waals surface area contributed by atoms with Crippen LogP contribution in [0.3, 0.4) is 0 Å². The zero-order valence-electron chi connectivity index (χ0n) is 13.5. The number of carbonyl (C=O) groups excluding carboxylic acids is 1. The lowest BCUT2D eigenvalue weighted by Gasteiger charge is -2.32. The maximum atomic E-state index is 12.0. The number of amides is 1. The average Bonchev–Trinajstić information content (AvgIpc) is 2.53. The zero-order chi connectivity index (χ0) is 16.7. The first-order chi connectivity index (χ1) is 11.0. The maximum Gasteiger partial charge on any atom is 0.407 e. The molecule has 0 bridgehead atoms. The van der Waals surface area contributed by atoms with Crippen molar-refractivity contribution in [2.75, 3.05) is 0 Å². The van der Waals surface area contributed by atoms with Gasteiger partial charge in [0.25, 0.3) is 0 Å². The highest BCUT2D eigenvalue weighted by atomic mass is 16.5. The molecule has 1 aliphatic carbocycles. The van der Waals surface area contributed by atoms with E-state index in [1.165, 1.54) is 6.42 Å². The quantitative estimate of drug-likeness (QED) is 0.840. The molecule has 0 saturated heterocycles. The maximum absolute atomic E-state index is 12.0. The summed E-state index contributed by atoms with van der Waals surface area (Å²) >= 11 is 0. The Labute approximate surface area is 137 Å². The zero-order valence-corrected chi connectivity index (χ0v) is 13.5. The van der Waals surface area contributed by atoms with Gasteiger partial charge in [-0.15, -0.1) is 0 Å². The van der Waals surface area contributed by atoms with Gasteiger partial charge in [0.1, 0.15) is 6.61 Å². The molecule has 2 N–H and O–H groups in total. The topological polar surface area (TPSA) is 75.6 Å². The summed E-state index contributed by atoms with van der Waals surface area (Å²) < 4.78 is 5.21. The monoisotopic (exact) mass is 319 g/mol. The summed E-state index contributed by atoms with van der Waals surface area (Å²) in [6, 6.07) is 9.06. The molecule has 23 heavy (non-hydrogen) atoms. The van der Waals surface area contributed by atoms with E-state index in [-0.39, 0.29) is 25.0 Å². The van der Waals surface area contributed by atoms with E-state index in [2.05, 4.69) is 12.2 Å². The third kappa shape index (κ3) is 5.93. The normalized spacial score (nSPS) is 22.1. The van der Waals surface area contributed by atoms with Crippen molar-refractivity contribution in [3.05, 3.63) is 35.9 Å². The number of alkyl carbamates (subject to hydrolysis) is 1. The van der Waals surface area contributed by atoms with Gasteiger partial charge in [-0.2, -0.15) is 0 Å². The molecule has 0 spiro atoms. The van der Waals surface area contributed by atoms with E-state index in [0.29, 0.717) is 5.92 Å². The van der Waals surface area contributed by atoms with Gasteiger partial charge in [0.05, 0.1) is 6.42 Å². The molecule has 2 rings (SSSR count). The summed E-state index contributed by atoms with van der Waals surface area (Å²) in [6.07, 6.45) is 3.58. The van der Waals surface area contributed by atoms with Crippen LogP contribution in [0.1, 0.15) is 44.6 Å². The molecule has 1 fully saturated rings. The molecule has 0 heterocycles. The highest BCUT2D eigenvalue weighted by molar-refractivity contribution is 5.71.